The first kappa shape index (κ1) is 15.5. The number of halogens is 1. The Morgan fingerprint density at radius 1 is 1.30 bits per heavy atom. The van der Waals surface area contributed by atoms with Crippen molar-refractivity contribution in [1.82, 2.24) is 10.2 Å². The van der Waals surface area contributed by atoms with Crippen LogP contribution in [-0.2, 0) is 0 Å². The molecule has 1 amide bonds. The molecule has 1 fully saturated rings. The summed E-state index contributed by atoms with van der Waals surface area (Å²) >= 11 is 3.46. The fraction of sp³-hybridized carbons (Fsp3) is 0.562. The minimum Gasteiger partial charge on any atom is -0.352 e. The normalized spacial score (nSPS) is 16.1. The molecule has 1 aromatic carbocycles. The summed E-state index contributed by atoms with van der Waals surface area (Å²) in [6.07, 6.45) is 5.04. The van der Waals surface area contributed by atoms with Gasteiger partial charge in [0.2, 0.25) is 0 Å². The molecule has 2 rings (SSSR count). The third-order valence-corrected chi connectivity index (χ3v) is 4.67. The molecule has 4 heteroatoms. The van der Waals surface area contributed by atoms with E-state index in [-0.39, 0.29) is 5.91 Å². The van der Waals surface area contributed by atoms with Crippen molar-refractivity contribution >= 4 is 21.8 Å². The second-order valence-corrected chi connectivity index (χ2v) is 6.33. The van der Waals surface area contributed by atoms with Crippen LogP contribution in [0.25, 0.3) is 0 Å². The molecule has 110 valence electrons. The van der Waals surface area contributed by atoms with Crippen molar-refractivity contribution < 1.29 is 4.79 Å². The van der Waals surface area contributed by atoms with Crippen LogP contribution in [0.3, 0.4) is 0 Å². The predicted molar refractivity (Wildman–Crippen MR) is 86.1 cm³/mol. The molecule has 1 aliphatic rings. The van der Waals surface area contributed by atoms with Crippen molar-refractivity contribution in [3.05, 3.63) is 33.8 Å². The highest BCUT2D eigenvalue weighted by Crippen LogP contribution is 2.17. The summed E-state index contributed by atoms with van der Waals surface area (Å²) in [6, 6.07) is 5.72. The van der Waals surface area contributed by atoms with Gasteiger partial charge in [-0.15, -0.1) is 0 Å². The van der Waals surface area contributed by atoms with E-state index in [4.69, 9.17) is 0 Å². The van der Waals surface area contributed by atoms with E-state index in [9.17, 15) is 4.79 Å². The molecule has 1 aromatic rings. The number of hydrogen-bond donors (Lipinski definition) is 1. The van der Waals surface area contributed by atoms with Crippen molar-refractivity contribution in [2.75, 3.05) is 26.2 Å². The van der Waals surface area contributed by atoms with Gasteiger partial charge >= 0.3 is 0 Å². The van der Waals surface area contributed by atoms with Crippen LogP contribution in [-0.4, -0.2) is 37.0 Å². The number of likely N-dealkylation sites (tertiary alicyclic amines) is 1. The zero-order chi connectivity index (χ0) is 14.4. The Hall–Kier alpha value is -0.870. The largest absolute Gasteiger partial charge is 0.352 e. The van der Waals surface area contributed by atoms with E-state index >= 15 is 0 Å². The molecular weight excluding hydrogens is 316 g/mol. The molecule has 1 N–H and O–H groups in total. The predicted octanol–water partition coefficient (Wildman–Crippen LogP) is 3.36. The van der Waals surface area contributed by atoms with Gasteiger partial charge in [0.1, 0.15) is 0 Å². The summed E-state index contributed by atoms with van der Waals surface area (Å²) in [5.74, 6) is 0.0179. The molecule has 0 radical (unpaired) electrons. The van der Waals surface area contributed by atoms with E-state index in [2.05, 4.69) is 26.1 Å². The van der Waals surface area contributed by atoms with Crippen LogP contribution in [0.15, 0.2) is 22.7 Å². The molecular formula is C16H23BrN2O. The molecule has 0 unspecified atom stereocenters. The van der Waals surface area contributed by atoms with E-state index < -0.39 is 0 Å². The van der Waals surface area contributed by atoms with Gasteiger partial charge in [0.15, 0.2) is 0 Å². The van der Waals surface area contributed by atoms with Crippen LogP contribution in [0.5, 0.6) is 0 Å². The number of benzene rings is 1. The lowest BCUT2D eigenvalue weighted by atomic mass is 10.1. The van der Waals surface area contributed by atoms with Crippen molar-refractivity contribution in [3.63, 3.8) is 0 Å². The maximum Gasteiger partial charge on any atom is 0.251 e. The third-order valence-electron chi connectivity index (χ3n) is 3.82. The lowest BCUT2D eigenvalue weighted by Crippen LogP contribution is -2.33. The number of nitrogens with one attached hydrogen (secondary N) is 1. The maximum absolute atomic E-state index is 12.0. The molecule has 0 bridgehead atoms. The molecule has 1 heterocycles. The van der Waals surface area contributed by atoms with Gasteiger partial charge in [0, 0.05) is 16.6 Å². The third kappa shape index (κ3) is 4.60. The maximum atomic E-state index is 12.0. The molecule has 1 saturated heterocycles. The zero-order valence-corrected chi connectivity index (χ0v) is 13.7. The number of hydrogen-bond acceptors (Lipinski definition) is 2. The Balaban J connectivity index is 1.70. The van der Waals surface area contributed by atoms with Gasteiger partial charge < -0.3 is 10.2 Å². The van der Waals surface area contributed by atoms with Crippen LogP contribution < -0.4 is 5.32 Å². The Morgan fingerprint density at radius 2 is 2.05 bits per heavy atom. The van der Waals surface area contributed by atoms with E-state index in [1.165, 1.54) is 32.4 Å². The number of carbonyl (C=O) groups is 1. The van der Waals surface area contributed by atoms with Crippen molar-refractivity contribution in [3.8, 4) is 0 Å². The van der Waals surface area contributed by atoms with E-state index in [0.29, 0.717) is 0 Å². The highest BCUT2D eigenvalue weighted by Gasteiger charge is 2.10. The molecule has 0 aliphatic carbocycles. The van der Waals surface area contributed by atoms with Gasteiger partial charge in [-0.05, 0) is 63.5 Å². The van der Waals surface area contributed by atoms with Gasteiger partial charge in [-0.3, -0.25) is 4.79 Å². The first-order chi connectivity index (χ1) is 9.66. The van der Waals surface area contributed by atoms with Gasteiger partial charge in [-0.25, -0.2) is 0 Å². The first-order valence-corrected chi connectivity index (χ1v) is 8.23. The Kier molecular flexibility index (Phi) is 6.05. The van der Waals surface area contributed by atoms with Crippen molar-refractivity contribution in [1.29, 1.82) is 0 Å². The summed E-state index contributed by atoms with van der Waals surface area (Å²) in [5.41, 5.74) is 1.87. The standard InChI is InChI=1S/C16H23BrN2O/c1-13-6-7-14(12-15(13)17)16(20)18-8-5-11-19-9-3-2-4-10-19/h6-7,12H,2-5,8-11H2,1H3,(H,18,20). The second kappa shape index (κ2) is 7.79. The molecule has 0 atom stereocenters. The molecule has 20 heavy (non-hydrogen) atoms. The first-order valence-electron chi connectivity index (χ1n) is 7.43. The molecule has 0 spiro atoms. The van der Waals surface area contributed by atoms with Gasteiger partial charge in [-0.2, -0.15) is 0 Å². The van der Waals surface area contributed by atoms with Crippen molar-refractivity contribution in [2.45, 2.75) is 32.6 Å². The highest BCUT2D eigenvalue weighted by atomic mass is 79.9. The van der Waals surface area contributed by atoms with Crippen LogP contribution >= 0.6 is 15.9 Å². The lowest BCUT2D eigenvalue weighted by molar-refractivity contribution is 0.0951. The van der Waals surface area contributed by atoms with E-state index in [0.717, 1.165) is 35.1 Å². The number of piperidine rings is 1. The number of amides is 1. The summed E-state index contributed by atoms with van der Waals surface area (Å²) in [4.78, 5) is 14.5. The number of rotatable bonds is 5. The van der Waals surface area contributed by atoms with Gasteiger partial charge in [0.25, 0.3) is 5.91 Å². The number of aryl methyl sites for hydroxylation is 1. The average molecular weight is 339 g/mol. The summed E-state index contributed by atoms with van der Waals surface area (Å²) < 4.78 is 0.985. The minimum atomic E-state index is 0.0179. The minimum absolute atomic E-state index is 0.0179. The monoisotopic (exact) mass is 338 g/mol. The Bertz CT molecular complexity index is 456. The van der Waals surface area contributed by atoms with E-state index in [1.54, 1.807) is 0 Å². The van der Waals surface area contributed by atoms with E-state index in [1.807, 2.05) is 25.1 Å². The molecule has 0 saturated carbocycles. The fourth-order valence-corrected chi connectivity index (χ4v) is 2.90. The quantitative estimate of drug-likeness (QED) is 0.835. The van der Waals surface area contributed by atoms with Crippen LogP contribution in [0.2, 0.25) is 0 Å². The zero-order valence-electron chi connectivity index (χ0n) is 12.1. The molecule has 3 nitrogen and oxygen atoms in total. The summed E-state index contributed by atoms with van der Waals surface area (Å²) in [5, 5.41) is 3.00. The second-order valence-electron chi connectivity index (χ2n) is 5.48. The van der Waals surface area contributed by atoms with Crippen LogP contribution in [0, 0.1) is 6.92 Å². The Labute approximate surface area is 129 Å². The number of nitrogens with zero attached hydrogens (tertiary/aromatic N) is 1. The molecule has 1 aliphatic heterocycles. The summed E-state index contributed by atoms with van der Waals surface area (Å²) in [6.45, 7) is 6.31. The summed E-state index contributed by atoms with van der Waals surface area (Å²) in [7, 11) is 0. The van der Waals surface area contributed by atoms with Gasteiger partial charge in [0.05, 0.1) is 0 Å². The molecule has 0 aromatic heterocycles. The SMILES string of the molecule is Cc1ccc(C(=O)NCCCN2CCCCC2)cc1Br. The highest BCUT2D eigenvalue weighted by molar-refractivity contribution is 9.10. The number of carbonyl (C=O) groups excluding carboxylic acids is 1. The van der Waals surface area contributed by atoms with Crippen molar-refractivity contribution in [2.24, 2.45) is 0 Å². The van der Waals surface area contributed by atoms with Crippen LogP contribution in [0.4, 0.5) is 0 Å². The van der Waals surface area contributed by atoms with Gasteiger partial charge in [-0.1, -0.05) is 28.4 Å². The topological polar surface area (TPSA) is 32.3 Å². The lowest BCUT2D eigenvalue weighted by Gasteiger charge is -2.26. The Morgan fingerprint density at radius 3 is 2.75 bits per heavy atom. The average Bonchev–Trinajstić information content (AvgIpc) is 2.47. The fourth-order valence-electron chi connectivity index (χ4n) is 2.52. The smallest absolute Gasteiger partial charge is 0.251 e. The van der Waals surface area contributed by atoms with Crippen LogP contribution in [0.1, 0.15) is 41.6 Å².